The van der Waals surface area contributed by atoms with Gasteiger partial charge in [-0.25, -0.2) is 0 Å². The normalized spacial score (nSPS) is 13.0. The molecule has 0 aliphatic heterocycles. The minimum absolute atomic E-state index is 0.629. The highest BCUT2D eigenvalue weighted by Crippen LogP contribution is 2.23. The van der Waals surface area contributed by atoms with Crippen molar-refractivity contribution in [3.8, 4) is 0 Å². The van der Waals surface area contributed by atoms with Crippen LogP contribution in [0.3, 0.4) is 0 Å². The largest absolute Gasteiger partial charge is 0.126 e. The monoisotopic (exact) mass is 252 g/mol. The second-order valence-electron chi connectivity index (χ2n) is 5.13. The fourth-order valence-electron chi connectivity index (χ4n) is 2.35. The highest BCUT2D eigenvalue weighted by atomic mass is 35.5. The number of aryl methyl sites for hydroxylation is 1. The summed E-state index contributed by atoms with van der Waals surface area (Å²) < 4.78 is 0. The Morgan fingerprint density at radius 2 is 1.59 bits per heavy atom. The highest BCUT2D eigenvalue weighted by Gasteiger charge is 2.13. The van der Waals surface area contributed by atoms with Crippen LogP contribution in [0.25, 0.3) is 0 Å². The zero-order valence-electron chi connectivity index (χ0n) is 11.4. The predicted molar refractivity (Wildman–Crippen MR) is 77.8 cm³/mol. The van der Waals surface area contributed by atoms with Crippen molar-refractivity contribution in [3.05, 3.63) is 35.4 Å². The summed E-state index contributed by atoms with van der Waals surface area (Å²) in [5, 5.41) is 0. The van der Waals surface area contributed by atoms with Gasteiger partial charge in [0.05, 0.1) is 0 Å². The smallest absolute Gasteiger partial charge is 0.0255 e. The van der Waals surface area contributed by atoms with Gasteiger partial charge in [-0.2, -0.15) is 0 Å². The van der Waals surface area contributed by atoms with E-state index in [0.717, 1.165) is 18.2 Å². The van der Waals surface area contributed by atoms with Gasteiger partial charge in [0.25, 0.3) is 0 Å². The third-order valence-electron chi connectivity index (χ3n) is 3.68. The van der Waals surface area contributed by atoms with E-state index < -0.39 is 0 Å². The number of alkyl halides is 1. The van der Waals surface area contributed by atoms with Crippen LogP contribution in [0.1, 0.15) is 44.2 Å². The van der Waals surface area contributed by atoms with Gasteiger partial charge in [0.15, 0.2) is 0 Å². The fraction of sp³-hybridized carbons (Fsp3) is 0.625. The van der Waals surface area contributed by atoms with Gasteiger partial charge in [-0.15, -0.1) is 11.6 Å². The topological polar surface area (TPSA) is 0 Å². The Bertz CT molecular complexity index is 298. The maximum Gasteiger partial charge on any atom is 0.0255 e. The quantitative estimate of drug-likeness (QED) is 0.584. The van der Waals surface area contributed by atoms with Crippen LogP contribution in [0.4, 0.5) is 0 Å². The lowest BCUT2D eigenvalue weighted by Gasteiger charge is -2.20. The van der Waals surface area contributed by atoms with E-state index in [1.54, 1.807) is 0 Å². The molecule has 96 valence electrons. The van der Waals surface area contributed by atoms with Crippen molar-refractivity contribution in [1.82, 2.24) is 0 Å². The molecule has 0 radical (unpaired) electrons. The fourth-order valence-corrected chi connectivity index (χ4v) is 2.59. The maximum atomic E-state index is 6.11. The number of rotatable bonds is 7. The maximum absolute atomic E-state index is 6.11. The molecule has 1 heteroatoms. The van der Waals surface area contributed by atoms with E-state index in [-0.39, 0.29) is 0 Å². The van der Waals surface area contributed by atoms with Crippen molar-refractivity contribution < 1.29 is 0 Å². The van der Waals surface area contributed by atoms with E-state index in [2.05, 4.69) is 45.0 Å². The second kappa shape index (κ2) is 7.76. The van der Waals surface area contributed by atoms with Crippen LogP contribution in [0.15, 0.2) is 24.3 Å². The van der Waals surface area contributed by atoms with Gasteiger partial charge in [-0.1, -0.05) is 56.5 Å². The predicted octanol–water partition coefficient (Wildman–Crippen LogP) is 5.22. The van der Waals surface area contributed by atoms with E-state index >= 15 is 0 Å². The Labute approximate surface area is 111 Å². The van der Waals surface area contributed by atoms with Gasteiger partial charge in [-0.3, -0.25) is 0 Å². The molecular weight excluding hydrogens is 228 g/mol. The molecule has 17 heavy (non-hydrogen) atoms. The number of benzene rings is 1. The Balaban J connectivity index is 2.54. The summed E-state index contributed by atoms with van der Waals surface area (Å²) in [6.07, 6.45) is 4.94. The molecular formula is C16H25Cl. The third-order valence-corrected chi connectivity index (χ3v) is 4.12. The summed E-state index contributed by atoms with van der Waals surface area (Å²) in [6, 6.07) is 8.86. The lowest BCUT2D eigenvalue weighted by molar-refractivity contribution is 0.372. The van der Waals surface area contributed by atoms with Gasteiger partial charge >= 0.3 is 0 Å². The van der Waals surface area contributed by atoms with Crippen LogP contribution in [-0.4, -0.2) is 5.88 Å². The standard InChI is InChI=1S/C16H25Cl/c1-4-14(5-2)10-16(12-17)11-15-8-6-13(3)7-9-15/h6-9,14,16H,4-5,10-12H2,1-3H3. The highest BCUT2D eigenvalue weighted by molar-refractivity contribution is 6.18. The molecule has 0 aromatic heterocycles. The first kappa shape index (κ1) is 14.6. The van der Waals surface area contributed by atoms with Crippen molar-refractivity contribution in [2.75, 3.05) is 5.88 Å². The van der Waals surface area contributed by atoms with E-state index in [1.165, 1.54) is 30.4 Å². The summed E-state index contributed by atoms with van der Waals surface area (Å²) in [5.41, 5.74) is 2.75. The van der Waals surface area contributed by atoms with Crippen molar-refractivity contribution in [2.45, 2.75) is 46.5 Å². The number of hydrogen-bond acceptors (Lipinski definition) is 0. The van der Waals surface area contributed by atoms with Crippen molar-refractivity contribution in [2.24, 2.45) is 11.8 Å². The molecule has 0 N–H and O–H groups in total. The Morgan fingerprint density at radius 1 is 1.00 bits per heavy atom. The molecule has 1 atom stereocenters. The summed E-state index contributed by atoms with van der Waals surface area (Å²) in [5.74, 6) is 2.25. The molecule has 0 aliphatic carbocycles. The zero-order chi connectivity index (χ0) is 12.7. The molecule has 0 heterocycles. The first-order chi connectivity index (χ1) is 8.19. The van der Waals surface area contributed by atoms with E-state index in [1.807, 2.05) is 0 Å². The lowest BCUT2D eigenvalue weighted by atomic mass is 9.88. The molecule has 0 nitrogen and oxygen atoms in total. The minimum atomic E-state index is 0.629. The van der Waals surface area contributed by atoms with Crippen LogP contribution in [-0.2, 0) is 6.42 Å². The molecule has 0 aliphatic rings. The molecule has 0 fully saturated rings. The minimum Gasteiger partial charge on any atom is -0.126 e. The lowest BCUT2D eigenvalue weighted by Crippen LogP contribution is -2.12. The van der Waals surface area contributed by atoms with Gasteiger partial charge in [0, 0.05) is 5.88 Å². The molecule has 1 aromatic carbocycles. The molecule has 0 spiro atoms. The molecule has 1 aromatic rings. The zero-order valence-corrected chi connectivity index (χ0v) is 12.1. The first-order valence-electron chi connectivity index (χ1n) is 6.81. The molecule has 0 amide bonds. The van der Waals surface area contributed by atoms with Crippen LogP contribution < -0.4 is 0 Å². The van der Waals surface area contributed by atoms with Gasteiger partial charge in [0.2, 0.25) is 0 Å². The Kier molecular flexibility index (Phi) is 6.65. The average Bonchev–Trinajstić information content (AvgIpc) is 2.37. The SMILES string of the molecule is CCC(CC)CC(CCl)Cc1ccc(C)cc1. The third kappa shape index (κ3) is 5.12. The van der Waals surface area contributed by atoms with Crippen LogP contribution in [0, 0.1) is 18.8 Å². The molecule has 1 unspecified atom stereocenters. The van der Waals surface area contributed by atoms with Crippen molar-refractivity contribution in [1.29, 1.82) is 0 Å². The number of hydrogen-bond donors (Lipinski definition) is 0. The summed E-state index contributed by atoms with van der Waals surface area (Å²) in [6.45, 7) is 6.70. The van der Waals surface area contributed by atoms with Crippen LogP contribution >= 0.6 is 11.6 Å². The van der Waals surface area contributed by atoms with Gasteiger partial charge in [-0.05, 0) is 37.2 Å². The second-order valence-corrected chi connectivity index (χ2v) is 5.44. The molecule has 0 saturated heterocycles. The Hall–Kier alpha value is -0.490. The van der Waals surface area contributed by atoms with Gasteiger partial charge in [0.1, 0.15) is 0 Å². The molecule has 0 bridgehead atoms. The van der Waals surface area contributed by atoms with Crippen LogP contribution in [0.5, 0.6) is 0 Å². The molecule has 0 saturated carbocycles. The van der Waals surface area contributed by atoms with E-state index in [4.69, 9.17) is 11.6 Å². The van der Waals surface area contributed by atoms with Crippen LogP contribution in [0.2, 0.25) is 0 Å². The Morgan fingerprint density at radius 3 is 2.06 bits per heavy atom. The first-order valence-corrected chi connectivity index (χ1v) is 7.34. The van der Waals surface area contributed by atoms with Crippen molar-refractivity contribution in [3.63, 3.8) is 0 Å². The number of halogens is 1. The van der Waals surface area contributed by atoms with Crippen molar-refractivity contribution >= 4 is 11.6 Å². The summed E-state index contributed by atoms with van der Waals surface area (Å²) in [4.78, 5) is 0. The average molecular weight is 253 g/mol. The van der Waals surface area contributed by atoms with E-state index in [0.29, 0.717) is 5.92 Å². The summed E-state index contributed by atoms with van der Waals surface area (Å²) >= 11 is 6.11. The van der Waals surface area contributed by atoms with Gasteiger partial charge < -0.3 is 0 Å². The van der Waals surface area contributed by atoms with E-state index in [9.17, 15) is 0 Å². The summed E-state index contributed by atoms with van der Waals surface area (Å²) in [7, 11) is 0. The molecule has 1 rings (SSSR count).